The summed E-state index contributed by atoms with van der Waals surface area (Å²) in [6.07, 6.45) is 0. The van der Waals surface area contributed by atoms with Gasteiger partial charge in [-0.3, -0.25) is 0 Å². The van der Waals surface area contributed by atoms with Crippen LogP contribution < -0.4 is 0 Å². The average Bonchev–Trinajstić information content (AvgIpc) is 2.83. The third-order valence-electron chi connectivity index (χ3n) is 3.09. The van der Waals surface area contributed by atoms with Gasteiger partial charge in [-0.25, -0.2) is 12.8 Å². The quantitative estimate of drug-likeness (QED) is 0.917. The lowest BCUT2D eigenvalue weighted by molar-refractivity contribution is 0.285. The maximum absolute atomic E-state index is 12.9. The average molecular weight is 329 g/mol. The number of halogens is 1. The van der Waals surface area contributed by atoms with E-state index in [2.05, 4.69) is 0 Å². The first-order valence-corrected chi connectivity index (χ1v) is 8.51. The summed E-state index contributed by atoms with van der Waals surface area (Å²) in [6, 6.07) is 7.21. The third kappa shape index (κ3) is 3.49. The predicted octanol–water partition coefficient (Wildman–Crippen LogP) is 2.51. The molecule has 21 heavy (non-hydrogen) atoms. The number of aliphatic hydroxyl groups excluding tert-OH is 1. The van der Waals surface area contributed by atoms with E-state index in [4.69, 9.17) is 5.11 Å². The number of hydrogen-bond acceptors (Lipinski definition) is 4. The van der Waals surface area contributed by atoms with E-state index in [0.717, 1.165) is 0 Å². The molecule has 0 aliphatic rings. The van der Waals surface area contributed by atoms with E-state index in [0.29, 0.717) is 15.3 Å². The van der Waals surface area contributed by atoms with Crippen LogP contribution in [0.1, 0.15) is 15.3 Å². The Morgan fingerprint density at radius 2 is 1.90 bits per heavy atom. The summed E-state index contributed by atoms with van der Waals surface area (Å²) in [7, 11) is -2.15. The van der Waals surface area contributed by atoms with Crippen LogP contribution in [0.4, 0.5) is 4.39 Å². The van der Waals surface area contributed by atoms with Gasteiger partial charge in [0.25, 0.3) is 0 Å². The van der Waals surface area contributed by atoms with Crippen molar-refractivity contribution in [2.75, 3.05) is 7.05 Å². The molecule has 0 saturated carbocycles. The van der Waals surface area contributed by atoms with Gasteiger partial charge in [0.2, 0.25) is 10.0 Å². The molecule has 7 heteroatoms. The minimum atomic E-state index is -3.63. The summed E-state index contributed by atoms with van der Waals surface area (Å²) in [6.45, 7) is 1.69. The predicted molar refractivity (Wildman–Crippen MR) is 80.0 cm³/mol. The van der Waals surface area contributed by atoms with Crippen molar-refractivity contribution >= 4 is 21.4 Å². The summed E-state index contributed by atoms with van der Waals surface area (Å²) in [5.74, 6) is -0.356. The number of rotatable bonds is 5. The van der Waals surface area contributed by atoms with Crippen LogP contribution in [-0.4, -0.2) is 24.9 Å². The van der Waals surface area contributed by atoms with Gasteiger partial charge in [0.15, 0.2) is 0 Å². The number of thiophene rings is 1. The van der Waals surface area contributed by atoms with Gasteiger partial charge >= 0.3 is 0 Å². The van der Waals surface area contributed by atoms with Crippen LogP contribution in [0.15, 0.2) is 35.2 Å². The zero-order valence-electron chi connectivity index (χ0n) is 11.7. The normalized spacial score (nSPS) is 12.0. The van der Waals surface area contributed by atoms with Gasteiger partial charge in [0.1, 0.15) is 5.82 Å². The van der Waals surface area contributed by atoms with Crippen LogP contribution in [0.5, 0.6) is 0 Å². The Bertz CT molecular complexity index is 723. The van der Waals surface area contributed by atoms with Gasteiger partial charge < -0.3 is 5.11 Å². The van der Waals surface area contributed by atoms with E-state index >= 15 is 0 Å². The molecular formula is C14H16FNO3S2. The maximum atomic E-state index is 12.9. The zero-order valence-corrected chi connectivity index (χ0v) is 13.3. The standard InChI is InChI=1S/C14H16FNO3S2/c1-10-14(7-13(9-17)20-10)21(18,19)16(2)8-11-3-5-12(15)6-4-11/h3-7,17H,8-9H2,1-2H3. The van der Waals surface area contributed by atoms with Crippen molar-refractivity contribution < 1.29 is 17.9 Å². The second-order valence-electron chi connectivity index (χ2n) is 4.68. The number of sulfonamides is 1. The molecule has 0 bridgehead atoms. The van der Waals surface area contributed by atoms with Crippen LogP contribution >= 0.6 is 11.3 Å². The van der Waals surface area contributed by atoms with Crippen LogP contribution in [0, 0.1) is 12.7 Å². The Kier molecular flexibility index (Phi) is 4.77. The number of hydrogen-bond donors (Lipinski definition) is 1. The molecule has 0 atom stereocenters. The fourth-order valence-electron chi connectivity index (χ4n) is 1.96. The first kappa shape index (κ1) is 16.1. The summed E-state index contributed by atoms with van der Waals surface area (Å²) in [4.78, 5) is 1.47. The Balaban J connectivity index is 2.25. The molecule has 2 rings (SSSR count). The lowest BCUT2D eigenvalue weighted by Crippen LogP contribution is -2.26. The lowest BCUT2D eigenvalue weighted by atomic mass is 10.2. The summed E-state index contributed by atoms with van der Waals surface area (Å²) >= 11 is 1.26. The Morgan fingerprint density at radius 1 is 1.29 bits per heavy atom. The molecule has 4 nitrogen and oxygen atoms in total. The molecular weight excluding hydrogens is 313 g/mol. The highest BCUT2D eigenvalue weighted by atomic mass is 32.2. The maximum Gasteiger partial charge on any atom is 0.244 e. The Hall–Kier alpha value is -1.28. The van der Waals surface area contributed by atoms with Gasteiger partial charge in [-0.05, 0) is 30.7 Å². The molecule has 114 valence electrons. The second kappa shape index (κ2) is 6.23. The minimum Gasteiger partial charge on any atom is -0.391 e. The van der Waals surface area contributed by atoms with Crippen molar-refractivity contribution in [1.29, 1.82) is 0 Å². The van der Waals surface area contributed by atoms with Crippen molar-refractivity contribution in [3.63, 3.8) is 0 Å². The summed E-state index contributed by atoms with van der Waals surface area (Å²) in [5.41, 5.74) is 0.706. The molecule has 0 spiro atoms. The molecule has 1 aromatic heterocycles. The molecule has 2 aromatic rings. The first-order chi connectivity index (χ1) is 9.84. The van der Waals surface area contributed by atoms with E-state index in [9.17, 15) is 12.8 Å². The molecule has 0 aliphatic carbocycles. The summed E-state index contributed by atoms with van der Waals surface area (Å²) < 4.78 is 39.1. The number of aryl methyl sites for hydroxylation is 1. The molecule has 0 radical (unpaired) electrons. The molecule has 1 aromatic carbocycles. The lowest BCUT2D eigenvalue weighted by Gasteiger charge is -2.17. The summed E-state index contributed by atoms with van der Waals surface area (Å²) in [5, 5.41) is 9.11. The zero-order chi connectivity index (χ0) is 15.6. The molecule has 1 heterocycles. The highest BCUT2D eigenvalue weighted by molar-refractivity contribution is 7.89. The van der Waals surface area contributed by atoms with Crippen molar-refractivity contribution in [1.82, 2.24) is 4.31 Å². The Labute approximate surface area is 127 Å². The van der Waals surface area contributed by atoms with Crippen LogP contribution in [0.25, 0.3) is 0 Å². The van der Waals surface area contributed by atoms with Crippen LogP contribution in [0.2, 0.25) is 0 Å². The largest absolute Gasteiger partial charge is 0.391 e. The molecule has 0 unspecified atom stereocenters. The van der Waals surface area contributed by atoms with Crippen LogP contribution in [0.3, 0.4) is 0 Å². The van der Waals surface area contributed by atoms with E-state index in [1.807, 2.05) is 0 Å². The van der Waals surface area contributed by atoms with Gasteiger partial charge in [0, 0.05) is 23.3 Å². The topological polar surface area (TPSA) is 57.6 Å². The second-order valence-corrected chi connectivity index (χ2v) is 8.03. The number of benzene rings is 1. The van der Waals surface area contributed by atoms with Gasteiger partial charge in [-0.15, -0.1) is 11.3 Å². The SMILES string of the molecule is Cc1sc(CO)cc1S(=O)(=O)N(C)Cc1ccc(F)cc1. The fourth-order valence-corrected chi connectivity index (χ4v) is 4.58. The smallest absolute Gasteiger partial charge is 0.244 e. The van der Waals surface area contributed by atoms with E-state index in [1.54, 1.807) is 19.1 Å². The number of aliphatic hydroxyl groups is 1. The monoisotopic (exact) mass is 329 g/mol. The van der Waals surface area contributed by atoms with Crippen LogP contribution in [-0.2, 0) is 23.2 Å². The molecule has 0 amide bonds. The Morgan fingerprint density at radius 3 is 2.43 bits per heavy atom. The fraction of sp³-hybridized carbons (Fsp3) is 0.286. The van der Waals surface area contributed by atoms with Crippen molar-refractivity contribution in [3.8, 4) is 0 Å². The minimum absolute atomic E-state index is 0.159. The highest BCUT2D eigenvalue weighted by Crippen LogP contribution is 2.28. The molecule has 0 fully saturated rings. The van der Waals surface area contributed by atoms with E-state index in [1.165, 1.54) is 40.9 Å². The molecule has 1 N–H and O–H groups in total. The molecule has 0 aliphatic heterocycles. The van der Waals surface area contributed by atoms with Gasteiger partial charge in [-0.2, -0.15) is 4.31 Å². The third-order valence-corrected chi connectivity index (χ3v) is 6.18. The first-order valence-electron chi connectivity index (χ1n) is 6.25. The van der Waals surface area contributed by atoms with Crippen molar-refractivity contribution in [2.24, 2.45) is 0 Å². The van der Waals surface area contributed by atoms with Gasteiger partial charge in [0.05, 0.1) is 11.5 Å². The van der Waals surface area contributed by atoms with Crippen molar-refractivity contribution in [2.45, 2.75) is 25.0 Å². The molecule has 0 saturated heterocycles. The van der Waals surface area contributed by atoms with Gasteiger partial charge in [-0.1, -0.05) is 12.1 Å². The van der Waals surface area contributed by atoms with Crippen molar-refractivity contribution in [3.05, 3.63) is 51.5 Å². The van der Waals surface area contributed by atoms with E-state index in [-0.39, 0.29) is 23.9 Å². The highest BCUT2D eigenvalue weighted by Gasteiger charge is 2.25. The number of nitrogens with zero attached hydrogens (tertiary/aromatic N) is 1. The van der Waals surface area contributed by atoms with E-state index < -0.39 is 10.0 Å².